The van der Waals surface area contributed by atoms with Crippen molar-refractivity contribution in [3.05, 3.63) is 77.4 Å². The number of rotatable bonds is 5. The summed E-state index contributed by atoms with van der Waals surface area (Å²) in [7, 11) is 0. The van der Waals surface area contributed by atoms with Crippen LogP contribution in [-0.2, 0) is 14.4 Å². The number of oxime groups is 1. The second-order valence-electron chi connectivity index (χ2n) is 8.22. The average Bonchev–Trinajstić information content (AvgIpc) is 3.50. The molecule has 174 valence electrons. The van der Waals surface area contributed by atoms with Gasteiger partial charge in [-0.05, 0) is 23.6 Å². The smallest absolute Gasteiger partial charge is 0.269 e. The van der Waals surface area contributed by atoms with Crippen LogP contribution in [0.1, 0.15) is 27.9 Å². The maximum Gasteiger partial charge on any atom is 0.269 e. The molecule has 0 bridgehead atoms. The minimum absolute atomic E-state index is 0.0944. The molecule has 2 aliphatic heterocycles. The van der Waals surface area contributed by atoms with E-state index in [0.717, 1.165) is 27.3 Å². The number of nitrogens with zero attached hydrogens (tertiary/aromatic N) is 2. The fraction of sp³-hybridized carbons (Fsp3) is 0.269. The zero-order valence-electron chi connectivity index (χ0n) is 18.8. The predicted octanol–water partition coefficient (Wildman–Crippen LogP) is 4.33. The number of thiophene rings is 1. The van der Waals surface area contributed by atoms with Crippen LogP contribution in [0.5, 0.6) is 0 Å². The van der Waals surface area contributed by atoms with Gasteiger partial charge in [-0.2, -0.15) is 0 Å². The first kappa shape index (κ1) is 22.3. The van der Waals surface area contributed by atoms with Crippen molar-refractivity contribution in [2.45, 2.75) is 19.4 Å². The van der Waals surface area contributed by atoms with Crippen molar-refractivity contribution in [3.8, 4) is 10.4 Å². The van der Waals surface area contributed by atoms with Crippen LogP contribution < -0.4 is 5.32 Å². The molecular formula is C26H25N3O4S. The van der Waals surface area contributed by atoms with Crippen LogP contribution in [0.15, 0.2) is 65.8 Å². The Morgan fingerprint density at radius 1 is 1.00 bits per heavy atom. The molecule has 5 rings (SSSR count). The number of carbonyl (C=O) groups is 2. The number of carbonyl (C=O) groups excluding carboxylic acids is 2. The van der Waals surface area contributed by atoms with E-state index < -0.39 is 6.10 Å². The molecule has 1 saturated heterocycles. The molecule has 2 aromatic carbocycles. The summed E-state index contributed by atoms with van der Waals surface area (Å²) in [4.78, 5) is 34.9. The van der Waals surface area contributed by atoms with Gasteiger partial charge in [-0.25, -0.2) is 0 Å². The second kappa shape index (κ2) is 9.79. The van der Waals surface area contributed by atoms with E-state index in [9.17, 15) is 9.59 Å². The number of hydrogen-bond acceptors (Lipinski definition) is 6. The van der Waals surface area contributed by atoms with Crippen molar-refractivity contribution in [2.75, 3.05) is 31.6 Å². The van der Waals surface area contributed by atoms with Crippen LogP contribution in [0.2, 0.25) is 0 Å². The Morgan fingerprint density at radius 3 is 2.32 bits per heavy atom. The highest BCUT2D eigenvalue weighted by Crippen LogP contribution is 2.41. The normalized spacial score (nSPS) is 17.7. The van der Waals surface area contributed by atoms with Gasteiger partial charge < -0.3 is 19.8 Å². The lowest BCUT2D eigenvalue weighted by molar-refractivity contribution is -0.125. The van der Waals surface area contributed by atoms with Crippen LogP contribution in [0.4, 0.5) is 5.00 Å². The largest absolute Gasteiger partial charge is 0.382 e. The number of ether oxygens (including phenoxy) is 1. The highest BCUT2D eigenvalue weighted by molar-refractivity contribution is 7.20. The molecule has 0 saturated carbocycles. The number of nitrogens with one attached hydrogen (secondary N) is 1. The van der Waals surface area contributed by atoms with Crippen LogP contribution >= 0.6 is 11.3 Å². The first-order valence-corrected chi connectivity index (χ1v) is 12.1. The SMILES string of the molecule is Cc1c(-c2ccccc2)sc(NC(=O)C2CC(c3ccccc3)=NO2)c1C(=O)N1CCOCC1. The van der Waals surface area contributed by atoms with Crippen molar-refractivity contribution in [2.24, 2.45) is 5.16 Å². The number of anilines is 1. The third kappa shape index (κ3) is 4.47. The van der Waals surface area contributed by atoms with Crippen LogP contribution in [0.25, 0.3) is 10.4 Å². The summed E-state index contributed by atoms with van der Waals surface area (Å²) < 4.78 is 5.41. The quantitative estimate of drug-likeness (QED) is 0.596. The molecule has 0 spiro atoms. The van der Waals surface area contributed by atoms with Gasteiger partial charge in [0.15, 0.2) is 0 Å². The molecule has 1 atom stereocenters. The van der Waals surface area contributed by atoms with E-state index in [0.29, 0.717) is 43.3 Å². The summed E-state index contributed by atoms with van der Waals surface area (Å²) in [6, 6.07) is 19.6. The van der Waals surface area contributed by atoms with Gasteiger partial charge in [0, 0.05) is 24.4 Å². The van der Waals surface area contributed by atoms with Gasteiger partial charge in [-0.15, -0.1) is 11.3 Å². The molecule has 0 aliphatic carbocycles. The van der Waals surface area contributed by atoms with Gasteiger partial charge in [0.05, 0.1) is 24.5 Å². The molecule has 2 amide bonds. The Balaban J connectivity index is 1.41. The zero-order chi connectivity index (χ0) is 23.5. The lowest BCUT2D eigenvalue weighted by atomic mass is 10.0. The Morgan fingerprint density at radius 2 is 1.65 bits per heavy atom. The minimum Gasteiger partial charge on any atom is -0.382 e. The molecule has 1 aromatic heterocycles. The van der Waals surface area contributed by atoms with Gasteiger partial charge in [0.1, 0.15) is 5.00 Å². The predicted molar refractivity (Wildman–Crippen MR) is 132 cm³/mol. The molecule has 1 N–H and O–H groups in total. The lowest BCUT2D eigenvalue weighted by Crippen LogP contribution is -2.41. The lowest BCUT2D eigenvalue weighted by Gasteiger charge is -2.27. The summed E-state index contributed by atoms with van der Waals surface area (Å²) in [5.74, 6) is -0.408. The second-order valence-corrected chi connectivity index (χ2v) is 9.24. The molecule has 34 heavy (non-hydrogen) atoms. The summed E-state index contributed by atoms with van der Waals surface area (Å²) in [6.07, 6.45) is -0.373. The van der Waals surface area contributed by atoms with E-state index in [4.69, 9.17) is 9.57 Å². The zero-order valence-corrected chi connectivity index (χ0v) is 19.6. The first-order chi connectivity index (χ1) is 16.6. The fourth-order valence-corrected chi connectivity index (χ4v) is 5.37. The van der Waals surface area contributed by atoms with E-state index in [1.807, 2.05) is 67.6 Å². The highest BCUT2D eigenvalue weighted by atomic mass is 32.1. The molecular weight excluding hydrogens is 450 g/mol. The van der Waals surface area contributed by atoms with Crippen molar-refractivity contribution in [1.29, 1.82) is 0 Å². The Kier molecular flexibility index (Phi) is 6.42. The van der Waals surface area contributed by atoms with E-state index in [1.165, 1.54) is 11.3 Å². The molecule has 8 heteroatoms. The topological polar surface area (TPSA) is 80.2 Å². The first-order valence-electron chi connectivity index (χ1n) is 11.3. The summed E-state index contributed by atoms with van der Waals surface area (Å²) in [6.45, 7) is 4.02. The van der Waals surface area contributed by atoms with Crippen LogP contribution in [0, 0.1) is 6.92 Å². The van der Waals surface area contributed by atoms with Gasteiger partial charge in [-0.1, -0.05) is 65.8 Å². The monoisotopic (exact) mass is 475 g/mol. The van der Waals surface area contributed by atoms with Gasteiger partial charge >= 0.3 is 0 Å². The third-order valence-corrected chi connectivity index (χ3v) is 7.26. The molecule has 7 nitrogen and oxygen atoms in total. The van der Waals surface area contributed by atoms with Crippen molar-refractivity contribution < 1.29 is 19.2 Å². The Labute approximate surface area is 202 Å². The average molecular weight is 476 g/mol. The summed E-state index contributed by atoms with van der Waals surface area (Å²) in [5.41, 5.74) is 4.06. The number of morpholine rings is 1. The highest BCUT2D eigenvalue weighted by Gasteiger charge is 2.32. The number of hydrogen-bond donors (Lipinski definition) is 1. The fourth-order valence-electron chi connectivity index (χ4n) is 4.16. The summed E-state index contributed by atoms with van der Waals surface area (Å²) >= 11 is 1.41. The van der Waals surface area contributed by atoms with Crippen molar-refractivity contribution >= 4 is 33.9 Å². The molecule has 2 aliphatic rings. The van der Waals surface area contributed by atoms with Gasteiger partial charge in [0.2, 0.25) is 6.10 Å². The minimum atomic E-state index is -0.746. The Hall–Kier alpha value is -3.49. The van der Waals surface area contributed by atoms with E-state index in [2.05, 4.69) is 10.5 Å². The third-order valence-electron chi connectivity index (χ3n) is 6.00. The van der Waals surface area contributed by atoms with E-state index >= 15 is 0 Å². The summed E-state index contributed by atoms with van der Waals surface area (Å²) in [5, 5.41) is 7.64. The maximum atomic E-state index is 13.5. The molecule has 1 fully saturated rings. The van der Waals surface area contributed by atoms with Crippen LogP contribution in [-0.4, -0.2) is 54.8 Å². The Bertz CT molecular complexity index is 1220. The molecule has 0 radical (unpaired) electrons. The standard InChI is InChI=1S/C26H25N3O4S/c1-17-22(26(31)29-12-14-32-15-13-29)25(34-23(17)19-10-6-3-7-11-19)27-24(30)21-16-20(28-33-21)18-8-4-2-5-9-18/h2-11,21H,12-16H2,1H3,(H,27,30). The van der Waals surface area contributed by atoms with Crippen molar-refractivity contribution in [1.82, 2.24) is 4.90 Å². The molecule has 3 aromatic rings. The molecule has 3 heterocycles. The van der Waals surface area contributed by atoms with E-state index in [-0.39, 0.29) is 11.8 Å². The van der Waals surface area contributed by atoms with Crippen molar-refractivity contribution in [3.63, 3.8) is 0 Å². The van der Waals surface area contributed by atoms with E-state index in [1.54, 1.807) is 4.90 Å². The maximum absolute atomic E-state index is 13.5. The van der Waals surface area contributed by atoms with Crippen LogP contribution in [0.3, 0.4) is 0 Å². The number of amides is 2. The number of benzene rings is 2. The molecule has 1 unspecified atom stereocenters. The van der Waals surface area contributed by atoms with Gasteiger partial charge in [-0.3, -0.25) is 9.59 Å². The van der Waals surface area contributed by atoms with Gasteiger partial charge in [0.25, 0.3) is 11.8 Å².